The Bertz CT molecular complexity index is 858. The van der Waals surface area contributed by atoms with Crippen LogP contribution in [-0.2, 0) is 6.54 Å². The van der Waals surface area contributed by atoms with Crippen molar-refractivity contribution < 1.29 is 0 Å². The lowest BCUT2D eigenvalue weighted by Gasteiger charge is -2.09. The van der Waals surface area contributed by atoms with Gasteiger partial charge in [-0.1, -0.05) is 28.1 Å². The van der Waals surface area contributed by atoms with Crippen LogP contribution >= 0.6 is 15.9 Å². The number of fused-ring (bicyclic) bond motifs is 1. The molecule has 0 saturated carbocycles. The van der Waals surface area contributed by atoms with E-state index in [1.165, 1.54) is 0 Å². The topological polar surface area (TPSA) is 57.8 Å². The van der Waals surface area contributed by atoms with Crippen molar-refractivity contribution in [1.82, 2.24) is 9.97 Å². The fourth-order valence-corrected chi connectivity index (χ4v) is 2.70. The molecule has 2 aromatic carbocycles. The lowest BCUT2D eigenvalue weighted by atomic mass is 10.2. The number of para-hydroxylation sites is 1. The van der Waals surface area contributed by atoms with Crippen molar-refractivity contribution in [2.24, 2.45) is 0 Å². The summed E-state index contributed by atoms with van der Waals surface area (Å²) in [4.78, 5) is 19.3. The van der Waals surface area contributed by atoms with Gasteiger partial charge in [-0.3, -0.25) is 4.79 Å². The number of nitrogens with one attached hydrogen (secondary N) is 2. The average Bonchev–Trinajstić information content (AvgIpc) is 2.46. The van der Waals surface area contributed by atoms with E-state index in [9.17, 15) is 4.79 Å². The SMILES string of the molecule is Cc1cc(Br)ccc1NCc1nc2ccccc2c(=O)[nH]1. The molecule has 106 valence electrons. The number of anilines is 1. The minimum Gasteiger partial charge on any atom is -0.378 e. The number of aromatic nitrogens is 2. The second kappa shape index (κ2) is 5.69. The van der Waals surface area contributed by atoms with Crippen molar-refractivity contribution in [3.63, 3.8) is 0 Å². The lowest BCUT2D eigenvalue weighted by molar-refractivity contribution is 0.951. The van der Waals surface area contributed by atoms with E-state index in [2.05, 4.69) is 31.2 Å². The van der Waals surface area contributed by atoms with Gasteiger partial charge >= 0.3 is 0 Å². The molecule has 1 heterocycles. The molecule has 0 atom stereocenters. The number of rotatable bonds is 3. The molecule has 0 saturated heterocycles. The first-order valence-electron chi connectivity index (χ1n) is 6.61. The molecule has 0 spiro atoms. The third-order valence-electron chi connectivity index (χ3n) is 3.30. The normalized spacial score (nSPS) is 10.8. The van der Waals surface area contributed by atoms with Crippen LogP contribution in [-0.4, -0.2) is 9.97 Å². The van der Waals surface area contributed by atoms with Gasteiger partial charge < -0.3 is 10.3 Å². The van der Waals surface area contributed by atoms with Crippen LogP contribution in [0.15, 0.2) is 51.7 Å². The van der Waals surface area contributed by atoms with Crippen molar-refractivity contribution in [3.8, 4) is 0 Å². The Morgan fingerprint density at radius 1 is 1.24 bits per heavy atom. The predicted molar refractivity (Wildman–Crippen MR) is 88.6 cm³/mol. The van der Waals surface area contributed by atoms with Gasteiger partial charge in [-0.05, 0) is 42.8 Å². The molecule has 0 fully saturated rings. The number of aromatic amines is 1. The molecule has 0 radical (unpaired) electrons. The molecule has 3 aromatic rings. The molecule has 0 unspecified atom stereocenters. The van der Waals surface area contributed by atoms with Gasteiger partial charge in [0.15, 0.2) is 0 Å². The summed E-state index contributed by atoms with van der Waals surface area (Å²) in [6.45, 7) is 2.51. The Balaban J connectivity index is 1.87. The summed E-state index contributed by atoms with van der Waals surface area (Å²) in [6.07, 6.45) is 0. The largest absolute Gasteiger partial charge is 0.378 e. The van der Waals surface area contributed by atoms with Gasteiger partial charge in [0.2, 0.25) is 0 Å². The molecule has 0 aliphatic heterocycles. The van der Waals surface area contributed by atoms with Gasteiger partial charge in [0, 0.05) is 10.2 Å². The van der Waals surface area contributed by atoms with Crippen LogP contribution in [0.3, 0.4) is 0 Å². The molecule has 0 bridgehead atoms. The summed E-state index contributed by atoms with van der Waals surface area (Å²) in [5.74, 6) is 0.626. The number of halogens is 1. The lowest BCUT2D eigenvalue weighted by Crippen LogP contribution is -2.14. The van der Waals surface area contributed by atoms with Crippen LogP contribution in [0.1, 0.15) is 11.4 Å². The first kappa shape index (κ1) is 13.8. The third kappa shape index (κ3) is 2.97. The Morgan fingerprint density at radius 2 is 2.05 bits per heavy atom. The van der Waals surface area contributed by atoms with Crippen molar-refractivity contribution >= 4 is 32.5 Å². The predicted octanol–water partition coefficient (Wildman–Crippen LogP) is 3.61. The highest BCUT2D eigenvalue weighted by Gasteiger charge is 2.04. The molecule has 0 amide bonds. The number of hydrogen-bond donors (Lipinski definition) is 2. The first-order chi connectivity index (χ1) is 10.1. The number of hydrogen-bond acceptors (Lipinski definition) is 3. The highest BCUT2D eigenvalue weighted by Crippen LogP contribution is 2.20. The van der Waals surface area contributed by atoms with Crippen LogP contribution < -0.4 is 10.9 Å². The molecule has 2 N–H and O–H groups in total. The average molecular weight is 344 g/mol. The zero-order valence-electron chi connectivity index (χ0n) is 11.5. The minimum atomic E-state index is -0.107. The minimum absolute atomic E-state index is 0.107. The molecular formula is C16H14BrN3O. The molecule has 5 heteroatoms. The fraction of sp³-hybridized carbons (Fsp3) is 0.125. The van der Waals surface area contributed by atoms with E-state index in [4.69, 9.17) is 0 Å². The van der Waals surface area contributed by atoms with Crippen molar-refractivity contribution in [1.29, 1.82) is 0 Å². The van der Waals surface area contributed by atoms with Crippen LogP contribution in [0.25, 0.3) is 10.9 Å². The number of nitrogens with zero attached hydrogens (tertiary/aromatic N) is 1. The summed E-state index contributed by atoms with van der Waals surface area (Å²) in [7, 11) is 0. The second-order valence-electron chi connectivity index (χ2n) is 4.84. The van der Waals surface area contributed by atoms with E-state index >= 15 is 0 Å². The van der Waals surface area contributed by atoms with Gasteiger partial charge in [0.05, 0.1) is 17.4 Å². The van der Waals surface area contributed by atoms with Crippen molar-refractivity contribution in [2.75, 3.05) is 5.32 Å². The quantitative estimate of drug-likeness (QED) is 0.763. The molecule has 4 nitrogen and oxygen atoms in total. The molecule has 21 heavy (non-hydrogen) atoms. The number of H-pyrrole nitrogens is 1. The van der Waals surface area contributed by atoms with Crippen LogP contribution in [0.2, 0.25) is 0 Å². The Kier molecular flexibility index (Phi) is 3.75. The van der Waals surface area contributed by atoms with Gasteiger partial charge in [-0.25, -0.2) is 4.98 Å². The van der Waals surface area contributed by atoms with E-state index in [0.717, 1.165) is 15.7 Å². The van der Waals surface area contributed by atoms with Gasteiger partial charge in [0.1, 0.15) is 5.82 Å². The first-order valence-corrected chi connectivity index (χ1v) is 7.41. The van der Waals surface area contributed by atoms with E-state index in [1.807, 2.05) is 43.3 Å². The summed E-state index contributed by atoms with van der Waals surface area (Å²) < 4.78 is 1.04. The van der Waals surface area contributed by atoms with Crippen molar-refractivity contribution in [3.05, 3.63) is 68.7 Å². The number of benzene rings is 2. The van der Waals surface area contributed by atoms with Crippen LogP contribution in [0.5, 0.6) is 0 Å². The van der Waals surface area contributed by atoms with E-state index < -0.39 is 0 Å². The second-order valence-corrected chi connectivity index (χ2v) is 5.76. The highest BCUT2D eigenvalue weighted by molar-refractivity contribution is 9.10. The maximum absolute atomic E-state index is 12.0. The molecule has 0 aliphatic carbocycles. The highest BCUT2D eigenvalue weighted by atomic mass is 79.9. The summed E-state index contributed by atoms with van der Waals surface area (Å²) >= 11 is 3.44. The summed E-state index contributed by atoms with van der Waals surface area (Å²) in [5.41, 5.74) is 2.76. The Hall–Kier alpha value is -2.14. The molecule has 1 aromatic heterocycles. The monoisotopic (exact) mass is 343 g/mol. The van der Waals surface area contributed by atoms with Gasteiger partial charge in [-0.2, -0.15) is 0 Å². The van der Waals surface area contributed by atoms with E-state index in [-0.39, 0.29) is 5.56 Å². The molecular weight excluding hydrogens is 330 g/mol. The third-order valence-corrected chi connectivity index (χ3v) is 3.79. The van der Waals surface area contributed by atoms with Gasteiger partial charge in [-0.15, -0.1) is 0 Å². The van der Waals surface area contributed by atoms with E-state index in [0.29, 0.717) is 23.3 Å². The summed E-state index contributed by atoms with van der Waals surface area (Å²) in [6, 6.07) is 13.4. The maximum atomic E-state index is 12.0. The van der Waals surface area contributed by atoms with Crippen LogP contribution in [0.4, 0.5) is 5.69 Å². The standard InChI is InChI=1S/C16H14BrN3O/c1-10-8-11(17)6-7-13(10)18-9-15-19-14-5-3-2-4-12(14)16(21)20-15/h2-8,18H,9H2,1H3,(H,19,20,21). The van der Waals surface area contributed by atoms with Gasteiger partial charge in [0.25, 0.3) is 5.56 Å². The smallest absolute Gasteiger partial charge is 0.258 e. The molecule has 0 aliphatic rings. The molecule has 3 rings (SSSR count). The van der Waals surface area contributed by atoms with Crippen LogP contribution in [0, 0.1) is 6.92 Å². The van der Waals surface area contributed by atoms with E-state index in [1.54, 1.807) is 6.07 Å². The fourth-order valence-electron chi connectivity index (χ4n) is 2.22. The van der Waals surface area contributed by atoms with Crippen molar-refractivity contribution in [2.45, 2.75) is 13.5 Å². The maximum Gasteiger partial charge on any atom is 0.258 e. The summed E-state index contributed by atoms with van der Waals surface area (Å²) in [5, 5.41) is 3.91. The zero-order chi connectivity index (χ0) is 14.8. The number of aryl methyl sites for hydroxylation is 1. The Labute approximate surface area is 130 Å². The Morgan fingerprint density at radius 3 is 2.86 bits per heavy atom. The zero-order valence-corrected chi connectivity index (χ0v) is 13.1.